The summed E-state index contributed by atoms with van der Waals surface area (Å²) in [5.41, 5.74) is 3.61. The normalized spacial score (nSPS) is 18.5. The van der Waals surface area contributed by atoms with E-state index >= 15 is 0 Å². The number of hydrogen-bond acceptors (Lipinski definition) is 4. The van der Waals surface area contributed by atoms with Crippen LogP contribution in [0.1, 0.15) is 66.4 Å². The molecule has 208 valence electrons. The Hall–Kier alpha value is -3.27. The van der Waals surface area contributed by atoms with Crippen LogP contribution in [-0.4, -0.2) is 44.7 Å². The smallest absolute Gasteiger partial charge is 0.353 e. The number of amides is 1. The number of alkyl halides is 3. The molecule has 39 heavy (non-hydrogen) atoms. The van der Waals surface area contributed by atoms with Gasteiger partial charge < -0.3 is 14.2 Å². The maximum atomic E-state index is 13.4. The minimum absolute atomic E-state index is 0.0448. The fourth-order valence-corrected chi connectivity index (χ4v) is 5.30. The molecule has 6 nitrogen and oxygen atoms in total. The molecule has 3 aromatic rings. The monoisotopic (exact) mass is 544 g/mol. The summed E-state index contributed by atoms with van der Waals surface area (Å²) in [5.74, 6) is -1.23. The lowest BCUT2D eigenvalue weighted by Crippen LogP contribution is -2.50. The predicted octanol–water partition coefficient (Wildman–Crippen LogP) is 5.71. The van der Waals surface area contributed by atoms with Crippen molar-refractivity contribution in [2.45, 2.75) is 71.3 Å². The SMILES string of the molecule is CCc1cnc(CCCc2cc(C3OCC4(CC4)CN3C(=O)C(F)(F)F)cc(C)n2)n1Cc1ccc(F)cc1. The lowest BCUT2D eigenvalue weighted by Gasteiger charge is -2.40. The third-order valence-electron chi connectivity index (χ3n) is 7.58. The van der Waals surface area contributed by atoms with E-state index in [1.165, 1.54) is 12.1 Å². The number of imidazole rings is 1. The minimum atomic E-state index is -4.97. The summed E-state index contributed by atoms with van der Waals surface area (Å²) in [7, 11) is 0. The first-order valence-electron chi connectivity index (χ1n) is 13.3. The largest absolute Gasteiger partial charge is 0.471 e. The number of aromatic nitrogens is 3. The van der Waals surface area contributed by atoms with E-state index in [2.05, 4.69) is 21.5 Å². The zero-order valence-corrected chi connectivity index (χ0v) is 22.1. The molecule has 1 saturated carbocycles. The van der Waals surface area contributed by atoms with Crippen LogP contribution in [0, 0.1) is 18.2 Å². The van der Waals surface area contributed by atoms with Gasteiger partial charge in [0.1, 0.15) is 11.6 Å². The second-order valence-corrected chi connectivity index (χ2v) is 10.7. The van der Waals surface area contributed by atoms with E-state index in [4.69, 9.17) is 4.74 Å². The van der Waals surface area contributed by atoms with Gasteiger partial charge in [-0.05, 0) is 68.9 Å². The van der Waals surface area contributed by atoms with E-state index in [0.29, 0.717) is 37.3 Å². The van der Waals surface area contributed by atoms with Crippen molar-refractivity contribution in [3.05, 3.63) is 82.4 Å². The van der Waals surface area contributed by atoms with Gasteiger partial charge in [-0.3, -0.25) is 9.78 Å². The second kappa shape index (κ2) is 10.7. The van der Waals surface area contributed by atoms with E-state index < -0.39 is 18.3 Å². The molecule has 0 bridgehead atoms. The molecule has 0 N–H and O–H groups in total. The zero-order chi connectivity index (χ0) is 27.8. The van der Waals surface area contributed by atoms with E-state index in [9.17, 15) is 22.4 Å². The highest BCUT2D eigenvalue weighted by molar-refractivity contribution is 5.82. The highest BCUT2D eigenvalue weighted by Crippen LogP contribution is 2.51. The standard InChI is InChI=1S/C29H32F4N4O2/c1-3-24-15-34-25(36(24)16-20-7-9-22(30)10-8-20)6-4-5-23-14-21(13-19(2)35-23)26-37(27(38)29(31,32)33)17-28(11-12-28)18-39-26/h7-10,13-15,26H,3-6,11-12,16-18H2,1-2H3. The third-order valence-corrected chi connectivity index (χ3v) is 7.58. The van der Waals surface area contributed by atoms with Crippen LogP contribution < -0.4 is 0 Å². The van der Waals surface area contributed by atoms with Crippen molar-refractivity contribution in [2.24, 2.45) is 5.41 Å². The van der Waals surface area contributed by atoms with Crippen LogP contribution >= 0.6 is 0 Å². The highest BCUT2D eigenvalue weighted by atomic mass is 19.4. The maximum Gasteiger partial charge on any atom is 0.471 e. The van der Waals surface area contributed by atoms with Crippen LogP contribution in [-0.2, 0) is 35.3 Å². The van der Waals surface area contributed by atoms with Gasteiger partial charge in [-0.1, -0.05) is 19.1 Å². The Bertz CT molecular complexity index is 1330. The molecule has 5 rings (SSSR count). The van der Waals surface area contributed by atoms with Crippen LogP contribution in [0.5, 0.6) is 0 Å². The van der Waals surface area contributed by atoms with Crippen LogP contribution in [0.4, 0.5) is 17.6 Å². The number of carbonyl (C=O) groups is 1. The van der Waals surface area contributed by atoms with E-state index in [-0.39, 0.29) is 17.8 Å². The van der Waals surface area contributed by atoms with Gasteiger partial charge >= 0.3 is 12.1 Å². The summed E-state index contributed by atoms with van der Waals surface area (Å²) in [6, 6.07) is 9.87. The third kappa shape index (κ3) is 6.16. The van der Waals surface area contributed by atoms with Gasteiger partial charge in [-0.25, -0.2) is 9.37 Å². The summed E-state index contributed by atoms with van der Waals surface area (Å²) in [4.78, 5) is 22.3. The Morgan fingerprint density at radius 1 is 1.15 bits per heavy atom. The number of aryl methyl sites for hydroxylation is 4. The lowest BCUT2D eigenvalue weighted by atomic mass is 10.0. The van der Waals surface area contributed by atoms with Gasteiger partial charge in [-0.2, -0.15) is 13.2 Å². The van der Waals surface area contributed by atoms with Crippen molar-refractivity contribution in [3.8, 4) is 0 Å². The molecule has 3 heterocycles. The number of ether oxygens (including phenoxy) is 1. The molecule has 1 amide bonds. The molecule has 1 aliphatic carbocycles. The van der Waals surface area contributed by atoms with Gasteiger partial charge in [0, 0.05) is 53.8 Å². The number of nitrogens with zero attached hydrogens (tertiary/aromatic N) is 4. The number of pyridine rings is 1. The van der Waals surface area contributed by atoms with Crippen molar-refractivity contribution in [1.29, 1.82) is 0 Å². The minimum Gasteiger partial charge on any atom is -0.353 e. The summed E-state index contributed by atoms with van der Waals surface area (Å²) in [6.45, 7) is 4.83. The predicted molar refractivity (Wildman–Crippen MR) is 136 cm³/mol. The average Bonchev–Trinajstić information content (AvgIpc) is 3.53. The zero-order valence-electron chi connectivity index (χ0n) is 22.1. The lowest BCUT2D eigenvalue weighted by molar-refractivity contribution is -0.210. The van der Waals surface area contributed by atoms with Gasteiger partial charge in [0.2, 0.25) is 0 Å². The number of rotatable bonds is 8. The Morgan fingerprint density at radius 3 is 2.56 bits per heavy atom. The van der Waals surface area contributed by atoms with Crippen molar-refractivity contribution in [3.63, 3.8) is 0 Å². The average molecular weight is 545 g/mol. The Balaban J connectivity index is 1.30. The van der Waals surface area contributed by atoms with Gasteiger partial charge in [-0.15, -0.1) is 0 Å². The number of carbonyl (C=O) groups excluding carboxylic acids is 1. The van der Waals surface area contributed by atoms with Gasteiger partial charge in [0.15, 0.2) is 6.23 Å². The number of benzene rings is 1. The van der Waals surface area contributed by atoms with Crippen molar-refractivity contribution in [1.82, 2.24) is 19.4 Å². The molecule has 2 aromatic heterocycles. The molecule has 1 unspecified atom stereocenters. The first kappa shape index (κ1) is 27.3. The summed E-state index contributed by atoms with van der Waals surface area (Å²) >= 11 is 0. The Morgan fingerprint density at radius 2 is 1.90 bits per heavy atom. The molecular formula is C29H32F4N4O2. The summed E-state index contributed by atoms with van der Waals surface area (Å²) in [6.07, 6.45) is 0.126. The summed E-state index contributed by atoms with van der Waals surface area (Å²) < 4.78 is 61.6. The summed E-state index contributed by atoms with van der Waals surface area (Å²) in [5, 5.41) is 0. The molecule has 2 aliphatic rings. The topological polar surface area (TPSA) is 60.2 Å². The van der Waals surface area contributed by atoms with Crippen LogP contribution in [0.2, 0.25) is 0 Å². The Kier molecular flexibility index (Phi) is 7.50. The number of hydrogen-bond donors (Lipinski definition) is 0. The van der Waals surface area contributed by atoms with Crippen LogP contribution in [0.25, 0.3) is 0 Å². The van der Waals surface area contributed by atoms with Crippen LogP contribution in [0.3, 0.4) is 0 Å². The quantitative estimate of drug-likeness (QED) is 0.341. The molecule has 1 aliphatic heterocycles. The molecule has 1 atom stereocenters. The highest BCUT2D eigenvalue weighted by Gasteiger charge is 2.54. The van der Waals surface area contributed by atoms with Gasteiger partial charge in [0.25, 0.3) is 0 Å². The molecule has 10 heteroatoms. The van der Waals surface area contributed by atoms with E-state index in [1.54, 1.807) is 31.2 Å². The van der Waals surface area contributed by atoms with Crippen molar-refractivity contribution in [2.75, 3.05) is 13.2 Å². The molecule has 1 aromatic carbocycles. The molecule has 2 fully saturated rings. The fraction of sp³-hybridized carbons (Fsp3) is 0.483. The number of halogens is 4. The van der Waals surface area contributed by atoms with Crippen molar-refractivity contribution < 1.29 is 27.1 Å². The fourth-order valence-electron chi connectivity index (χ4n) is 5.30. The van der Waals surface area contributed by atoms with E-state index in [1.807, 2.05) is 6.20 Å². The Labute approximate surface area is 225 Å². The molecule has 0 radical (unpaired) electrons. The first-order valence-corrected chi connectivity index (χ1v) is 13.3. The van der Waals surface area contributed by atoms with Crippen molar-refractivity contribution >= 4 is 5.91 Å². The first-order chi connectivity index (χ1) is 18.6. The second-order valence-electron chi connectivity index (χ2n) is 10.7. The maximum absolute atomic E-state index is 13.4. The van der Waals surface area contributed by atoms with E-state index in [0.717, 1.165) is 53.4 Å². The van der Waals surface area contributed by atoms with Crippen LogP contribution in [0.15, 0.2) is 42.6 Å². The molecule has 1 saturated heterocycles. The molecular weight excluding hydrogens is 512 g/mol. The van der Waals surface area contributed by atoms with Gasteiger partial charge in [0.05, 0.1) is 6.61 Å². The molecule has 1 spiro atoms.